The summed E-state index contributed by atoms with van der Waals surface area (Å²) in [5.74, 6) is 3.26. The topological polar surface area (TPSA) is 47.6 Å². The van der Waals surface area contributed by atoms with Crippen LogP contribution in [-0.4, -0.2) is 37.4 Å². The molecule has 1 aliphatic heterocycles. The minimum absolute atomic E-state index is 0.0691. The Kier molecular flexibility index (Phi) is 10.9. The highest BCUT2D eigenvalue weighted by Gasteiger charge is 2.53. The number of hydrogen-bond donors (Lipinski definition) is 1. The number of rotatable bonds is 14. The zero-order chi connectivity index (χ0) is 19.4. The lowest BCUT2D eigenvalue weighted by molar-refractivity contribution is -0.197. The lowest BCUT2D eigenvalue weighted by Gasteiger charge is -2.53. The van der Waals surface area contributed by atoms with E-state index in [4.69, 9.17) is 15.9 Å². The molecule has 1 unspecified atom stereocenters. The Morgan fingerprint density at radius 3 is 2.62 bits per heavy atom. The van der Waals surface area contributed by atoms with Gasteiger partial charge in [0.05, 0.1) is 18.8 Å². The van der Waals surface area contributed by atoms with Crippen LogP contribution in [0.5, 0.6) is 0 Å². The Labute approximate surface area is 160 Å². The van der Waals surface area contributed by atoms with Gasteiger partial charge in [0.1, 0.15) is 6.10 Å². The first-order chi connectivity index (χ1) is 12.6. The molecule has 4 nitrogen and oxygen atoms in total. The number of carbonyl (C=O) groups is 1. The molecule has 1 heterocycles. The lowest BCUT2D eigenvalue weighted by Crippen LogP contribution is -2.73. The van der Waals surface area contributed by atoms with Crippen LogP contribution in [-0.2, 0) is 14.3 Å². The highest BCUT2D eigenvalue weighted by atomic mass is 16.6. The summed E-state index contributed by atoms with van der Waals surface area (Å²) in [4.78, 5) is 12.9. The van der Waals surface area contributed by atoms with Gasteiger partial charge in [-0.3, -0.25) is 4.79 Å². The quantitative estimate of drug-likeness (QED) is 0.368. The highest BCUT2D eigenvalue weighted by molar-refractivity contribution is 5.79. The van der Waals surface area contributed by atoms with Gasteiger partial charge >= 0.3 is 0 Å². The highest BCUT2D eigenvalue weighted by Crippen LogP contribution is 2.36. The molecule has 0 saturated carbocycles. The van der Waals surface area contributed by atoms with Gasteiger partial charge in [0.15, 0.2) is 0 Å². The molecule has 0 bridgehead atoms. The van der Waals surface area contributed by atoms with Crippen molar-refractivity contribution in [3.05, 3.63) is 0 Å². The van der Waals surface area contributed by atoms with Gasteiger partial charge in [0, 0.05) is 18.9 Å². The molecule has 1 N–H and O–H groups in total. The summed E-state index contributed by atoms with van der Waals surface area (Å²) in [6.45, 7) is 10.4. The van der Waals surface area contributed by atoms with E-state index in [-0.39, 0.29) is 23.5 Å². The molecule has 1 fully saturated rings. The average molecular weight is 366 g/mol. The maximum atomic E-state index is 12.9. The fourth-order valence-corrected chi connectivity index (χ4v) is 3.60. The second-order valence-corrected chi connectivity index (χ2v) is 7.62. The molecule has 0 aromatic heterocycles. The summed E-state index contributed by atoms with van der Waals surface area (Å²) < 4.78 is 11.6. The smallest absolute Gasteiger partial charge is 0.223 e. The van der Waals surface area contributed by atoms with Crippen molar-refractivity contribution in [2.24, 2.45) is 11.8 Å². The Bertz CT molecular complexity index is 445. The SMILES string of the molecule is C#CCCCOCC1OC[C@]1(NC(=O)[C@H](CC)CCCCC)[C@@H](C)CC. The van der Waals surface area contributed by atoms with Gasteiger partial charge in [-0.1, -0.05) is 53.4 Å². The molecule has 1 aliphatic rings. The van der Waals surface area contributed by atoms with Crippen molar-refractivity contribution in [3.8, 4) is 12.3 Å². The van der Waals surface area contributed by atoms with Gasteiger partial charge in [-0.2, -0.15) is 0 Å². The van der Waals surface area contributed by atoms with Gasteiger partial charge in [-0.25, -0.2) is 0 Å². The number of terminal acetylenes is 1. The van der Waals surface area contributed by atoms with E-state index in [1.807, 2.05) is 0 Å². The van der Waals surface area contributed by atoms with Crippen LogP contribution in [0.2, 0.25) is 0 Å². The van der Waals surface area contributed by atoms with Crippen molar-refractivity contribution < 1.29 is 14.3 Å². The average Bonchev–Trinajstić information content (AvgIpc) is 2.64. The molecule has 1 saturated heterocycles. The molecule has 150 valence electrons. The van der Waals surface area contributed by atoms with E-state index in [2.05, 4.69) is 38.9 Å². The number of ether oxygens (including phenoxy) is 2. The summed E-state index contributed by atoms with van der Waals surface area (Å²) in [5.41, 5.74) is -0.296. The molecule has 0 aromatic carbocycles. The van der Waals surface area contributed by atoms with E-state index in [0.717, 1.165) is 38.5 Å². The largest absolute Gasteiger partial charge is 0.379 e. The number of amides is 1. The molecule has 0 radical (unpaired) electrons. The second kappa shape index (κ2) is 12.4. The molecule has 0 aliphatic carbocycles. The van der Waals surface area contributed by atoms with Crippen molar-refractivity contribution in [2.75, 3.05) is 19.8 Å². The van der Waals surface area contributed by atoms with Crippen molar-refractivity contribution in [3.63, 3.8) is 0 Å². The fourth-order valence-electron chi connectivity index (χ4n) is 3.60. The summed E-state index contributed by atoms with van der Waals surface area (Å²) in [5, 5.41) is 3.38. The third-order valence-corrected chi connectivity index (χ3v) is 5.84. The minimum atomic E-state index is -0.296. The first-order valence-corrected chi connectivity index (χ1v) is 10.5. The summed E-state index contributed by atoms with van der Waals surface area (Å²) in [6, 6.07) is 0. The van der Waals surface area contributed by atoms with E-state index < -0.39 is 0 Å². The Morgan fingerprint density at radius 2 is 2.08 bits per heavy atom. The summed E-state index contributed by atoms with van der Waals surface area (Å²) >= 11 is 0. The normalized spacial score (nSPS) is 24.3. The summed E-state index contributed by atoms with van der Waals surface area (Å²) in [7, 11) is 0. The van der Waals surface area contributed by atoms with Crippen LogP contribution in [0.3, 0.4) is 0 Å². The second-order valence-electron chi connectivity index (χ2n) is 7.62. The standard InChI is InChI=1S/C22H39NO3/c1-6-10-12-14-19(9-4)21(24)23-22(18(5)8-3)17-26-20(22)16-25-15-13-11-7-2/h2,18-20H,6,8-17H2,1,3-5H3,(H,23,24)/t18-,19+,20?,22-/m0/s1. The number of unbranched alkanes of at least 4 members (excludes halogenated alkanes) is 3. The number of hydrogen-bond acceptors (Lipinski definition) is 3. The molecule has 26 heavy (non-hydrogen) atoms. The van der Waals surface area contributed by atoms with Gasteiger partial charge < -0.3 is 14.8 Å². The molecule has 4 heteroatoms. The maximum absolute atomic E-state index is 12.9. The monoisotopic (exact) mass is 365 g/mol. The maximum Gasteiger partial charge on any atom is 0.223 e. The Hall–Kier alpha value is -1.05. The molecule has 0 aromatic rings. The summed E-state index contributed by atoms with van der Waals surface area (Å²) in [6.07, 6.45) is 13.2. The zero-order valence-corrected chi connectivity index (χ0v) is 17.3. The van der Waals surface area contributed by atoms with E-state index in [9.17, 15) is 4.79 Å². The first kappa shape index (κ1) is 23.0. The van der Waals surface area contributed by atoms with Crippen molar-refractivity contribution in [1.29, 1.82) is 0 Å². The van der Waals surface area contributed by atoms with Gasteiger partial charge in [0.2, 0.25) is 5.91 Å². The van der Waals surface area contributed by atoms with Gasteiger partial charge in [0.25, 0.3) is 0 Å². The van der Waals surface area contributed by atoms with Crippen molar-refractivity contribution in [1.82, 2.24) is 5.32 Å². The van der Waals surface area contributed by atoms with Crippen LogP contribution in [0.15, 0.2) is 0 Å². The Morgan fingerprint density at radius 1 is 1.31 bits per heavy atom. The molecule has 0 spiro atoms. The number of nitrogens with one attached hydrogen (secondary N) is 1. The molecule has 1 amide bonds. The molecule has 1 rings (SSSR count). The predicted octanol–water partition coefficient (Wildman–Crippen LogP) is 4.32. The molecular formula is C22H39NO3. The third-order valence-electron chi connectivity index (χ3n) is 5.84. The fraction of sp³-hybridized carbons (Fsp3) is 0.864. The molecule has 4 atom stereocenters. The number of carbonyl (C=O) groups excluding carboxylic acids is 1. The lowest BCUT2D eigenvalue weighted by atomic mass is 9.75. The van der Waals surface area contributed by atoms with E-state index >= 15 is 0 Å². The van der Waals surface area contributed by atoms with Crippen molar-refractivity contribution >= 4 is 5.91 Å². The zero-order valence-electron chi connectivity index (χ0n) is 17.3. The van der Waals surface area contributed by atoms with Gasteiger partial charge in [-0.15, -0.1) is 12.3 Å². The first-order valence-electron chi connectivity index (χ1n) is 10.5. The Balaban J connectivity index is 2.64. The van der Waals surface area contributed by atoms with Crippen molar-refractivity contribution in [2.45, 2.75) is 90.7 Å². The third kappa shape index (κ3) is 6.28. The van der Waals surface area contributed by atoms with Crippen LogP contribution >= 0.6 is 0 Å². The van der Waals surface area contributed by atoms with Crippen LogP contribution in [0.4, 0.5) is 0 Å². The van der Waals surface area contributed by atoms with Crippen LogP contribution in [0.1, 0.15) is 79.1 Å². The van der Waals surface area contributed by atoms with Crippen LogP contribution < -0.4 is 5.32 Å². The van der Waals surface area contributed by atoms with E-state index in [0.29, 0.717) is 25.7 Å². The van der Waals surface area contributed by atoms with Gasteiger partial charge in [-0.05, 0) is 25.2 Å². The predicted molar refractivity (Wildman–Crippen MR) is 107 cm³/mol. The molecular weight excluding hydrogens is 326 g/mol. The van der Waals surface area contributed by atoms with Crippen LogP contribution in [0.25, 0.3) is 0 Å². The minimum Gasteiger partial charge on any atom is -0.379 e. The van der Waals surface area contributed by atoms with E-state index in [1.165, 1.54) is 12.8 Å². The van der Waals surface area contributed by atoms with E-state index in [1.54, 1.807) is 0 Å². The van der Waals surface area contributed by atoms with Crippen LogP contribution in [0, 0.1) is 24.2 Å².